The summed E-state index contributed by atoms with van der Waals surface area (Å²) in [5.41, 5.74) is 10.1. The Hall–Kier alpha value is -1.26. The number of anilines is 2. The molecular formula is C2H5N5. The van der Waals surface area contributed by atoms with Gasteiger partial charge in [-0.1, -0.05) is 0 Å². The van der Waals surface area contributed by atoms with Gasteiger partial charge in [-0.3, -0.25) is 0 Å². The van der Waals surface area contributed by atoms with Gasteiger partial charge in [-0.15, -0.1) is 5.10 Å². The maximum atomic E-state index is 5.07. The van der Waals surface area contributed by atoms with Gasteiger partial charge in [-0.25, -0.2) is 5.10 Å². The molecule has 0 saturated carbocycles. The Bertz CT molecular complexity index is 138. The minimum atomic E-state index is 0.178. The zero-order valence-corrected chi connectivity index (χ0v) is 3.55. The van der Waals surface area contributed by atoms with Crippen LogP contribution in [-0.4, -0.2) is 15.2 Å². The van der Waals surface area contributed by atoms with Gasteiger partial charge < -0.3 is 11.5 Å². The number of H-pyrrole nitrogens is 1. The van der Waals surface area contributed by atoms with E-state index in [1.165, 1.54) is 0 Å². The fourth-order valence-corrected chi connectivity index (χ4v) is 0.288. The number of rotatable bonds is 0. The van der Waals surface area contributed by atoms with Crippen LogP contribution in [0.25, 0.3) is 0 Å². The predicted molar refractivity (Wildman–Crippen MR) is 25.2 cm³/mol. The Morgan fingerprint density at radius 2 is 2.14 bits per heavy atom. The highest BCUT2D eigenvalue weighted by atomic mass is 15.3. The highest BCUT2D eigenvalue weighted by molar-refractivity contribution is 5.23. The Balaban J connectivity index is 3.04. The first-order valence-corrected chi connectivity index (χ1v) is 1.72. The minimum absolute atomic E-state index is 0.178. The van der Waals surface area contributed by atoms with Crippen molar-refractivity contribution in [3.8, 4) is 0 Å². The van der Waals surface area contributed by atoms with E-state index in [4.69, 9.17) is 11.5 Å². The van der Waals surface area contributed by atoms with E-state index in [1.54, 1.807) is 0 Å². The van der Waals surface area contributed by atoms with Gasteiger partial charge >= 0.3 is 0 Å². The van der Waals surface area contributed by atoms with Crippen molar-refractivity contribution >= 4 is 11.9 Å². The third kappa shape index (κ3) is 0.594. The quantitative estimate of drug-likeness (QED) is 0.387. The summed E-state index contributed by atoms with van der Waals surface area (Å²) in [5, 5.41) is 5.79. The molecule has 5 heteroatoms. The fourth-order valence-electron chi connectivity index (χ4n) is 0.288. The summed E-state index contributed by atoms with van der Waals surface area (Å²) in [6.45, 7) is 0. The zero-order valence-electron chi connectivity index (χ0n) is 3.55. The largest absolute Gasteiger partial charge is 0.368 e. The molecule has 5 nitrogen and oxygen atoms in total. The van der Waals surface area contributed by atoms with Gasteiger partial charge in [-0.05, 0) is 0 Å². The summed E-state index contributed by atoms with van der Waals surface area (Å²) in [7, 11) is 0. The van der Waals surface area contributed by atoms with E-state index in [9.17, 15) is 0 Å². The number of hydrogen-bond acceptors (Lipinski definition) is 4. The van der Waals surface area contributed by atoms with Gasteiger partial charge in [-0.2, -0.15) is 4.98 Å². The van der Waals surface area contributed by atoms with Crippen molar-refractivity contribution in [1.82, 2.24) is 15.2 Å². The second-order valence-corrected chi connectivity index (χ2v) is 1.08. The molecule has 0 aromatic carbocycles. The molecule has 0 aliphatic carbocycles. The first-order valence-electron chi connectivity index (χ1n) is 1.72. The van der Waals surface area contributed by atoms with Crippen LogP contribution >= 0.6 is 0 Å². The van der Waals surface area contributed by atoms with Crippen molar-refractivity contribution in [2.24, 2.45) is 0 Å². The van der Waals surface area contributed by atoms with E-state index >= 15 is 0 Å². The molecule has 0 spiro atoms. The van der Waals surface area contributed by atoms with Crippen molar-refractivity contribution in [1.29, 1.82) is 0 Å². The third-order valence-electron chi connectivity index (χ3n) is 0.520. The second kappa shape index (κ2) is 1.11. The van der Waals surface area contributed by atoms with E-state index in [1.807, 2.05) is 0 Å². The van der Waals surface area contributed by atoms with Crippen LogP contribution in [0.5, 0.6) is 0 Å². The number of nitrogens with zero attached hydrogens (tertiary/aromatic N) is 2. The SMILES string of the molecule is Nc1n[nH]c(N)n1. The summed E-state index contributed by atoms with van der Waals surface area (Å²) in [4.78, 5) is 3.50. The molecule has 1 aromatic heterocycles. The van der Waals surface area contributed by atoms with Crippen molar-refractivity contribution in [2.45, 2.75) is 0 Å². The summed E-state index contributed by atoms with van der Waals surface area (Å²) in [5.74, 6) is 0.426. The number of nitrogens with one attached hydrogen (secondary N) is 1. The average molecular weight is 99.1 g/mol. The Morgan fingerprint density at radius 1 is 1.43 bits per heavy atom. The molecule has 1 heterocycles. The molecule has 1 rings (SSSR count). The first-order chi connectivity index (χ1) is 3.29. The number of nitrogen functional groups attached to an aromatic ring is 2. The Labute approximate surface area is 39.7 Å². The molecule has 7 heavy (non-hydrogen) atoms. The molecule has 0 unspecified atom stereocenters. The maximum absolute atomic E-state index is 5.07. The first kappa shape index (κ1) is 3.91. The van der Waals surface area contributed by atoms with Crippen molar-refractivity contribution in [3.05, 3.63) is 0 Å². The van der Waals surface area contributed by atoms with Crippen LogP contribution in [0, 0.1) is 0 Å². The smallest absolute Gasteiger partial charge is 0.241 e. The highest BCUT2D eigenvalue weighted by Crippen LogP contribution is 1.89. The average Bonchev–Trinajstić information content (AvgIpc) is 1.87. The molecular weight excluding hydrogens is 94.1 g/mol. The third-order valence-corrected chi connectivity index (χ3v) is 0.520. The van der Waals surface area contributed by atoms with Gasteiger partial charge in [0.25, 0.3) is 0 Å². The Kier molecular flexibility index (Phi) is 0.619. The lowest BCUT2D eigenvalue weighted by molar-refractivity contribution is 1.11. The van der Waals surface area contributed by atoms with Gasteiger partial charge in [0.15, 0.2) is 0 Å². The molecule has 0 atom stereocenters. The molecule has 5 N–H and O–H groups in total. The number of aromatic nitrogens is 3. The van der Waals surface area contributed by atoms with Gasteiger partial charge in [0, 0.05) is 0 Å². The van der Waals surface area contributed by atoms with Crippen LogP contribution in [0.3, 0.4) is 0 Å². The highest BCUT2D eigenvalue weighted by Gasteiger charge is 1.87. The monoisotopic (exact) mass is 99.1 g/mol. The number of aromatic amines is 1. The standard InChI is InChI=1S/C2H5N5/c3-1-5-2(4)7-6-1/h(H5,3,4,5,6,7). The van der Waals surface area contributed by atoms with E-state index in [0.717, 1.165) is 0 Å². The summed E-state index contributed by atoms with van der Waals surface area (Å²) < 4.78 is 0. The molecule has 38 valence electrons. The molecule has 0 fully saturated rings. The van der Waals surface area contributed by atoms with Crippen LogP contribution in [0.1, 0.15) is 0 Å². The lowest BCUT2D eigenvalue weighted by atomic mass is 11.0. The van der Waals surface area contributed by atoms with Crippen LogP contribution in [0.2, 0.25) is 0 Å². The molecule has 0 bridgehead atoms. The fraction of sp³-hybridized carbons (Fsp3) is 0. The summed E-state index contributed by atoms with van der Waals surface area (Å²) in [6.07, 6.45) is 0. The molecule has 0 aliphatic heterocycles. The summed E-state index contributed by atoms with van der Waals surface area (Å²) >= 11 is 0. The zero-order chi connectivity index (χ0) is 5.28. The molecule has 0 saturated heterocycles. The van der Waals surface area contributed by atoms with Gasteiger partial charge in [0.05, 0.1) is 0 Å². The van der Waals surface area contributed by atoms with Crippen molar-refractivity contribution < 1.29 is 0 Å². The van der Waals surface area contributed by atoms with Gasteiger partial charge in [0.2, 0.25) is 11.9 Å². The van der Waals surface area contributed by atoms with Gasteiger partial charge in [0.1, 0.15) is 0 Å². The normalized spacial score (nSPS) is 9.14. The Morgan fingerprint density at radius 3 is 2.29 bits per heavy atom. The lowest BCUT2D eigenvalue weighted by Gasteiger charge is -1.69. The van der Waals surface area contributed by atoms with Crippen molar-refractivity contribution in [2.75, 3.05) is 11.5 Å². The van der Waals surface area contributed by atoms with Crippen LogP contribution in [0.4, 0.5) is 11.9 Å². The molecule has 0 radical (unpaired) electrons. The number of hydrogen-bond donors (Lipinski definition) is 3. The molecule has 0 amide bonds. The second-order valence-electron chi connectivity index (χ2n) is 1.08. The van der Waals surface area contributed by atoms with E-state index in [2.05, 4.69) is 15.2 Å². The predicted octanol–water partition coefficient (Wildman–Crippen LogP) is -1.03. The maximum Gasteiger partial charge on any atom is 0.241 e. The van der Waals surface area contributed by atoms with Crippen LogP contribution in [-0.2, 0) is 0 Å². The lowest BCUT2D eigenvalue weighted by Crippen LogP contribution is -1.87. The molecule has 0 aliphatic rings. The van der Waals surface area contributed by atoms with Crippen LogP contribution in [0.15, 0.2) is 0 Å². The molecule has 1 aromatic rings. The van der Waals surface area contributed by atoms with E-state index in [0.29, 0.717) is 0 Å². The van der Waals surface area contributed by atoms with E-state index in [-0.39, 0.29) is 11.9 Å². The topological polar surface area (TPSA) is 93.6 Å². The van der Waals surface area contributed by atoms with Crippen LogP contribution < -0.4 is 11.5 Å². The minimum Gasteiger partial charge on any atom is -0.368 e. The number of nitrogens with two attached hydrogens (primary N) is 2. The van der Waals surface area contributed by atoms with E-state index < -0.39 is 0 Å². The summed E-state index contributed by atoms with van der Waals surface area (Å²) in [6, 6.07) is 0. The van der Waals surface area contributed by atoms with Crippen molar-refractivity contribution in [3.63, 3.8) is 0 Å².